The van der Waals surface area contributed by atoms with Gasteiger partial charge in [0.2, 0.25) is 0 Å². The minimum absolute atomic E-state index is 0.00681. The number of rotatable bonds is 4. The molecule has 0 saturated heterocycles. The average molecular weight is 526 g/mol. The fourth-order valence-corrected chi connectivity index (χ4v) is 5.58. The number of hydrazine groups is 1. The molecule has 2 aromatic carbocycles. The van der Waals surface area contributed by atoms with E-state index in [0.717, 1.165) is 44.9 Å². The minimum atomic E-state index is 0.00681. The maximum Gasteiger partial charge on any atom is 0.146 e. The van der Waals surface area contributed by atoms with E-state index in [2.05, 4.69) is 115 Å². The van der Waals surface area contributed by atoms with Crippen LogP contribution in [0.1, 0.15) is 26.3 Å². The number of pyridine rings is 2. The van der Waals surface area contributed by atoms with Crippen molar-refractivity contribution in [2.24, 2.45) is 0 Å². The van der Waals surface area contributed by atoms with E-state index in [1.165, 1.54) is 11.1 Å². The molecule has 7 rings (SSSR count). The number of nitrogens with zero attached hydrogens (tertiary/aromatic N) is 5. The average Bonchev–Trinajstić information content (AvgIpc) is 3.47. The normalized spacial score (nSPS) is 17.1. The van der Waals surface area contributed by atoms with Gasteiger partial charge in [0, 0.05) is 48.5 Å². The lowest BCUT2D eigenvalue weighted by atomic mass is 9.88. The van der Waals surface area contributed by atoms with Gasteiger partial charge < -0.3 is 4.74 Å². The quantitative estimate of drug-likeness (QED) is 0.240. The molecule has 0 amide bonds. The molecule has 1 atom stereocenters. The van der Waals surface area contributed by atoms with Gasteiger partial charge in [-0.25, -0.2) is 15.0 Å². The Kier molecular flexibility index (Phi) is 5.61. The summed E-state index contributed by atoms with van der Waals surface area (Å²) in [6, 6.07) is 23.0. The maximum absolute atomic E-state index is 6.46. The van der Waals surface area contributed by atoms with Crippen molar-refractivity contribution in [2.45, 2.75) is 32.2 Å². The molecule has 1 aliphatic heterocycles. The fraction of sp³-hybridized carbons (Fsp3) is 0.176. The van der Waals surface area contributed by atoms with Crippen LogP contribution in [0.2, 0.25) is 0 Å². The van der Waals surface area contributed by atoms with Crippen molar-refractivity contribution in [3.63, 3.8) is 0 Å². The van der Waals surface area contributed by atoms with E-state index < -0.39 is 0 Å². The van der Waals surface area contributed by atoms with Crippen LogP contribution < -0.4 is 9.75 Å². The molecular weight excluding hydrogens is 494 g/mol. The summed E-state index contributed by atoms with van der Waals surface area (Å²) in [4.78, 5) is 9.51. The van der Waals surface area contributed by atoms with Gasteiger partial charge in [-0.1, -0.05) is 51.1 Å². The molecule has 3 aromatic heterocycles. The second-order valence-electron chi connectivity index (χ2n) is 11.4. The number of hydrogen-bond donors (Lipinski definition) is 0. The Balaban J connectivity index is 1.28. The van der Waals surface area contributed by atoms with Gasteiger partial charge in [0.25, 0.3) is 0 Å². The monoisotopic (exact) mass is 525 g/mol. The smallest absolute Gasteiger partial charge is 0.146 e. The minimum Gasteiger partial charge on any atom is -0.457 e. The molecule has 1 unspecified atom stereocenters. The van der Waals surface area contributed by atoms with Crippen molar-refractivity contribution in [3.8, 4) is 17.3 Å². The van der Waals surface area contributed by atoms with Gasteiger partial charge in [0.05, 0.1) is 17.2 Å². The van der Waals surface area contributed by atoms with E-state index in [1.807, 2.05) is 36.7 Å². The highest BCUT2D eigenvalue weighted by molar-refractivity contribution is 6.08. The van der Waals surface area contributed by atoms with Crippen LogP contribution in [0.25, 0.3) is 27.8 Å². The van der Waals surface area contributed by atoms with Gasteiger partial charge in [0.15, 0.2) is 0 Å². The van der Waals surface area contributed by atoms with Crippen LogP contribution in [0, 0.1) is 0 Å². The highest BCUT2D eigenvalue weighted by atomic mass is 16.5. The van der Waals surface area contributed by atoms with Gasteiger partial charge in [-0.05, 0) is 65.1 Å². The van der Waals surface area contributed by atoms with Crippen molar-refractivity contribution in [3.05, 3.63) is 121 Å². The number of hydrogen-bond acceptors (Lipinski definition) is 5. The zero-order valence-corrected chi connectivity index (χ0v) is 23.1. The third-order valence-corrected chi connectivity index (χ3v) is 7.71. The lowest BCUT2D eigenvalue weighted by Gasteiger charge is -2.29. The molecule has 0 bridgehead atoms. The summed E-state index contributed by atoms with van der Waals surface area (Å²) in [5, 5.41) is 6.60. The van der Waals surface area contributed by atoms with Crippen LogP contribution in [0.4, 0.5) is 5.69 Å². The number of aromatic nitrogens is 3. The van der Waals surface area contributed by atoms with Crippen LogP contribution in [-0.2, 0) is 5.41 Å². The molecule has 40 heavy (non-hydrogen) atoms. The summed E-state index contributed by atoms with van der Waals surface area (Å²) in [6.45, 7) is 6.65. The fourth-order valence-electron chi connectivity index (χ4n) is 5.58. The zero-order chi connectivity index (χ0) is 27.4. The molecule has 6 heteroatoms. The lowest BCUT2D eigenvalue weighted by molar-refractivity contribution is 0.339. The molecule has 6 nitrogen and oxygen atoms in total. The number of likely N-dealkylation sites (N-methyl/N-ethyl adjacent to an activating group) is 1. The van der Waals surface area contributed by atoms with E-state index in [9.17, 15) is 0 Å². The first-order valence-electron chi connectivity index (χ1n) is 13.6. The van der Waals surface area contributed by atoms with E-state index in [4.69, 9.17) is 14.7 Å². The predicted molar refractivity (Wildman–Crippen MR) is 162 cm³/mol. The number of ether oxygens (including phenoxy) is 1. The SMILES string of the molecule is CN1C2C=CC=CC2=CN1c1cccc(Oc2ccc3c4cccnc4n(-c4cc(C(C)(C)C)ccn4)c3c2)c1. The highest BCUT2D eigenvalue weighted by Gasteiger charge is 2.29. The number of allylic oxidation sites excluding steroid dienone is 2. The first-order chi connectivity index (χ1) is 19.4. The van der Waals surface area contributed by atoms with Gasteiger partial charge in [0.1, 0.15) is 23.0 Å². The summed E-state index contributed by atoms with van der Waals surface area (Å²) in [5.74, 6) is 2.38. The van der Waals surface area contributed by atoms with Crippen molar-refractivity contribution >= 4 is 27.6 Å². The Labute approximate surface area is 234 Å². The van der Waals surface area contributed by atoms with Crippen molar-refractivity contribution in [1.29, 1.82) is 0 Å². The van der Waals surface area contributed by atoms with E-state index in [-0.39, 0.29) is 11.5 Å². The molecule has 0 N–H and O–H groups in total. The van der Waals surface area contributed by atoms with Crippen LogP contribution in [0.3, 0.4) is 0 Å². The van der Waals surface area contributed by atoms with Crippen molar-refractivity contribution in [1.82, 2.24) is 19.5 Å². The first kappa shape index (κ1) is 24.4. The second kappa shape index (κ2) is 9.21. The number of fused-ring (bicyclic) bond motifs is 4. The topological polar surface area (TPSA) is 46.4 Å². The molecule has 0 saturated carbocycles. The van der Waals surface area contributed by atoms with Crippen LogP contribution >= 0.6 is 0 Å². The summed E-state index contributed by atoms with van der Waals surface area (Å²) < 4.78 is 8.59. The Morgan fingerprint density at radius 2 is 1.70 bits per heavy atom. The molecule has 0 fully saturated rings. The summed E-state index contributed by atoms with van der Waals surface area (Å²) >= 11 is 0. The molecule has 0 spiro atoms. The van der Waals surface area contributed by atoms with Gasteiger partial charge in [-0.15, -0.1) is 0 Å². The van der Waals surface area contributed by atoms with Crippen LogP contribution in [0.15, 0.2) is 115 Å². The zero-order valence-electron chi connectivity index (χ0n) is 23.1. The third-order valence-electron chi connectivity index (χ3n) is 7.71. The standard InChI is InChI=1S/C34H31N5O/c1-34(2,3)24-16-18-35-32(19-24)39-31-21-27(14-15-28(31)29-12-8-17-36-33(29)39)40-26-11-7-10-25(20-26)38-22-23-9-5-6-13-30(23)37(38)4/h5-22,30H,1-4H3. The molecule has 5 aromatic rings. The van der Waals surface area contributed by atoms with E-state index >= 15 is 0 Å². The van der Waals surface area contributed by atoms with Crippen LogP contribution in [0.5, 0.6) is 11.5 Å². The van der Waals surface area contributed by atoms with E-state index in [1.54, 1.807) is 0 Å². The molecule has 198 valence electrons. The molecule has 4 heterocycles. The molecule has 0 radical (unpaired) electrons. The maximum atomic E-state index is 6.46. The number of benzene rings is 2. The highest BCUT2D eigenvalue weighted by Crippen LogP contribution is 2.36. The Morgan fingerprint density at radius 3 is 2.55 bits per heavy atom. The molecule has 1 aliphatic carbocycles. The largest absolute Gasteiger partial charge is 0.457 e. The predicted octanol–water partition coefficient (Wildman–Crippen LogP) is 7.71. The van der Waals surface area contributed by atoms with Gasteiger partial charge in [-0.3, -0.25) is 9.58 Å². The number of anilines is 1. The van der Waals surface area contributed by atoms with Gasteiger partial charge >= 0.3 is 0 Å². The van der Waals surface area contributed by atoms with Crippen molar-refractivity contribution < 1.29 is 4.74 Å². The third kappa shape index (κ3) is 4.08. The summed E-state index contributed by atoms with van der Waals surface area (Å²) in [5.41, 5.74) is 5.43. The summed E-state index contributed by atoms with van der Waals surface area (Å²) in [7, 11) is 2.11. The van der Waals surface area contributed by atoms with Crippen molar-refractivity contribution in [2.75, 3.05) is 12.1 Å². The summed E-state index contributed by atoms with van der Waals surface area (Å²) in [6.07, 6.45) is 14.5. The molecule has 2 aliphatic rings. The first-order valence-corrected chi connectivity index (χ1v) is 13.6. The van der Waals surface area contributed by atoms with E-state index in [0.29, 0.717) is 0 Å². The Hall–Kier alpha value is -4.68. The second-order valence-corrected chi connectivity index (χ2v) is 11.4. The van der Waals surface area contributed by atoms with Crippen LogP contribution in [-0.4, -0.2) is 32.6 Å². The Bertz CT molecular complexity index is 1860. The molecular formula is C34H31N5O. The lowest BCUT2D eigenvalue weighted by Crippen LogP contribution is -2.37. The van der Waals surface area contributed by atoms with Gasteiger partial charge in [-0.2, -0.15) is 0 Å². The Morgan fingerprint density at radius 1 is 0.825 bits per heavy atom.